The molecular formula is C15H20N4O. The van der Waals surface area contributed by atoms with Crippen molar-refractivity contribution < 1.29 is 4.74 Å². The van der Waals surface area contributed by atoms with Gasteiger partial charge in [-0.15, -0.1) is 5.10 Å². The standard InChI is InChI=1S/C15H20N4O/c1-2-20-15(11-8-9-11)14(16)13-10-17-18-19(13)12-6-4-3-5-7-12/h3-7,10-11,14-15H,2,8-9,16H2,1H3. The second-order valence-electron chi connectivity index (χ2n) is 5.19. The number of hydrogen-bond donors (Lipinski definition) is 1. The molecule has 0 aliphatic heterocycles. The van der Waals surface area contributed by atoms with E-state index in [1.807, 2.05) is 37.3 Å². The lowest BCUT2D eigenvalue weighted by Crippen LogP contribution is -2.32. The van der Waals surface area contributed by atoms with Crippen molar-refractivity contribution in [2.75, 3.05) is 6.61 Å². The average Bonchev–Trinajstić information content (AvgIpc) is 3.20. The third-order valence-electron chi connectivity index (χ3n) is 3.72. The molecule has 1 aliphatic rings. The van der Waals surface area contributed by atoms with Gasteiger partial charge in [0.1, 0.15) is 0 Å². The van der Waals surface area contributed by atoms with Gasteiger partial charge in [-0.1, -0.05) is 23.4 Å². The van der Waals surface area contributed by atoms with Crippen LogP contribution in [0.25, 0.3) is 5.69 Å². The number of ether oxygens (including phenoxy) is 1. The second kappa shape index (κ2) is 5.73. The Balaban J connectivity index is 1.88. The maximum Gasteiger partial charge on any atom is 0.0839 e. The molecule has 1 aromatic carbocycles. The molecule has 2 unspecified atom stereocenters. The maximum absolute atomic E-state index is 6.42. The van der Waals surface area contributed by atoms with Crippen molar-refractivity contribution in [1.82, 2.24) is 15.0 Å². The van der Waals surface area contributed by atoms with E-state index in [0.717, 1.165) is 11.4 Å². The lowest BCUT2D eigenvalue weighted by molar-refractivity contribution is 0.0268. The van der Waals surface area contributed by atoms with E-state index in [1.54, 1.807) is 10.9 Å². The van der Waals surface area contributed by atoms with Crippen molar-refractivity contribution in [1.29, 1.82) is 0 Å². The molecule has 20 heavy (non-hydrogen) atoms. The first-order valence-corrected chi connectivity index (χ1v) is 7.14. The number of benzene rings is 1. The molecule has 1 aliphatic carbocycles. The average molecular weight is 272 g/mol. The highest BCUT2D eigenvalue weighted by atomic mass is 16.5. The van der Waals surface area contributed by atoms with Crippen LogP contribution in [0.4, 0.5) is 0 Å². The monoisotopic (exact) mass is 272 g/mol. The fourth-order valence-corrected chi connectivity index (χ4v) is 2.56. The van der Waals surface area contributed by atoms with Crippen LogP contribution >= 0.6 is 0 Å². The van der Waals surface area contributed by atoms with Crippen LogP contribution in [-0.2, 0) is 4.74 Å². The van der Waals surface area contributed by atoms with Crippen LogP contribution in [0.5, 0.6) is 0 Å². The van der Waals surface area contributed by atoms with E-state index in [-0.39, 0.29) is 12.1 Å². The zero-order valence-corrected chi connectivity index (χ0v) is 11.6. The number of aromatic nitrogens is 3. The topological polar surface area (TPSA) is 66.0 Å². The van der Waals surface area contributed by atoms with Crippen LogP contribution in [0.1, 0.15) is 31.5 Å². The Morgan fingerprint density at radius 2 is 2.10 bits per heavy atom. The van der Waals surface area contributed by atoms with Crippen molar-refractivity contribution in [2.45, 2.75) is 31.9 Å². The minimum atomic E-state index is -0.197. The Labute approximate surface area is 118 Å². The second-order valence-corrected chi connectivity index (χ2v) is 5.19. The van der Waals surface area contributed by atoms with Crippen molar-refractivity contribution in [2.24, 2.45) is 11.7 Å². The molecule has 5 nitrogen and oxygen atoms in total. The summed E-state index contributed by atoms with van der Waals surface area (Å²) in [5.74, 6) is 0.573. The smallest absolute Gasteiger partial charge is 0.0839 e. The van der Waals surface area contributed by atoms with Gasteiger partial charge in [-0.2, -0.15) is 0 Å². The highest BCUT2D eigenvalue weighted by Gasteiger charge is 2.37. The van der Waals surface area contributed by atoms with Gasteiger partial charge in [-0.05, 0) is 37.8 Å². The predicted octanol–water partition coefficient (Wildman–Crippen LogP) is 2.08. The SMILES string of the molecule is CCOC(C1CC1)C(N)c1cnnn1-c1ccccc1. The Morgan fingerprint density at radius 1 is 1.35 bits per heavy atom. The molecule has 3 rings (SSSR count). The van der Waals surface area contributed by atoms with E-state index in [1.165, 1.54) is 12.8 Å². The largest absolute Gasteiger partial charge is 0.376 e. The zero-order chi connectivity index (χ0) is 13.9. The first-order valence-electron chi connectivity index (χ1n) is 7.14. The molecule has 0 radical (unpaired) electrons. The molecular weight excluding hydrogens is 252 g/mol. The Hall–Kier alpha value is -1.72. The van der Waals surface area contributed by atoms with Gasteiger partial charge in [0.15, 0.2) is 0 Å². The number of hydrogen-bond acceptors (Lipinski definition) is 4. The minimum Gasteiger partial charge on any atom is -0.376 e. The Morgan fingerprint density at radius 3 is 2.75 bits per heavy atom. The third kappa shape index (κ3) is 2.59. The van der Waals surface area contributed by atoms with Gasteiger partial charge < -0.3 is 10.5 Å². The van der Waals surface area contributed by atoms with E-state index in [9.17, 15) is 0 Å². The lowest BCUT2D eigenvalue weighted by atomic mass is 10.0. The fourth-order valence-electron chi connectivity index (χ4n) is 2.56. The van der Waals surface area contributed by atoms with Crippen LogP contribution in [0, 0.1) is 5.92 Å². The molecule has 1 aromatic heterocycles. The van der Waals surface area contributed by atoms with Crippen LogP contribution < -0.4 is 5.73 Å². The van der Waals surface area contributed by atoms with Gasteiger partial charge in [-0.25, -0.2) is 4.68 Å². The van der Waals surface area contributed by atoms with E-state index in [2.05, 4.69) is 10.3 Å². The van der Waals surface area contributed by atoms with Gasteiger partial charge >= 0.3 is 0 Å². The van der Waals surface area contributed by atoms with Gasteiger partial charge in [0.05, 0.1) is 29.7 Å². The van der Waals surface area contributed by atoms with Gasteiger partial charge in [-0.3, -0.25) is 0 Å². The van der Waals surface area contributed by atoms with Gasteiger partial charge in [0.2, 0.25) is 0 Å². The zero-order valence-electron chi connectivity index (χ0n) is 11.6. The molecule has 0 spiro atoms. The molecule has 0 amide bonds. The number of nitrogens with two attached hydrogens (primary N) is 1. The minimum absolute atomic E-state index is 0.0564. The van der Waals surface area contributed by atoms with Gasteiger partial charge in [0, 0.05) is 6.61 Å². The summed E-state index contributed by atoms with van der Waals surface area (Å²) < 4.78 is 7.65. The van der Waals surface area contributed by atoms with Crippen molar-refractivity contribution in [3.8, 4) is 5.69 Å². The molecule has 5 heteroatoms. The quantitative estimate of drug-likeness (QED) is 0.874. The summed E-state index contributed by atoms with van der Waals surface area (Å²) in [6.45, 7) is 2.69. The Kier molecular flexibility index (Phi) is 3.80. The lowest BCUT2D eigenvalue weighted by Gasteiger charge is -2.23. The predicted molar refractivity (Wildman–Crippen MR) is 76.4 cm³/mol. The van der Waals surface area contributed by atoms with Crippen molar-refractivity contribution in [3.63, 3.8) is 0 Å². The molecule has 1 fully saturated rings. The van der Waals surface area contributed by atoms with Crippen molar-refractivity contribution >= 4 is 0 Å². The number of para-hydroxylation sites is 1. The highest BCUT2D eigenvalue weighted by Crippen LogP contribution is 2.39. The first kappa shape index (κ1) is 13.3. The molecule has 2 atom stereocenters. The third-order valence-corrected chi connectivity index (χ3v) is 3.72. The van der Waals surface area contributed by atoms with E-state index >= 15 is 0 Å². The first-order chi connectivity index (χ1) is 9.81. The number of nitrogens with zero attached hydrogens (tertiary/aromatic N) is 3. The maximum atomic E-state index is 6.42. The summed E-state index contributed by atoms with van der Waals surface area (Å²) in [7, 11) is 0. The van der Waals surface area contributed by atoms with Crippen molar-refractivity contribution in [3.05, 3.63) is 42.2 Å². The summed E-state index contributed by atoms with van der Waals surface area (Å²) >= 11 is 0. The summed E-state index contributed by atoms with van der Waals surface area (Å²) in [6, 6.07) is 9.74. The highest BCUT2D eigenvalue weighted by molar-refractivity contribution is 5.32. The van der Waals surface area contributed by atoms with Crippen LogP contribution in [0.3, 0.4) is 0 Å². The summed E-state index contributed by atoms with van der Waals surface area (Å²) in [6.07, 6.45) is 4.20. The van der Waals surface area contributed by atoms with Crippen LogP contribution in [0.15, 0.2) is 36.5 Å². The Bertz CT molecular complexity index is 550. The van der Waals surface area contributed by atoms with Crippen LogP contribution in [0.2, 0.25) is 0 Å². The van der Waals surface area contributed by atoms with Gasteiger partial charge in [0.25, 0.3) is 0 Å². The molecule has 1 heterocycles. The van der Waals surface area contributed by atoms with Crippen LogP contribution in [-0.4, -0.2) is 27.7 Å². The van der Waals surface area contributed by atoms with E-state index in [4.69, 9.17) is 10.5 Å². The number of rotatable bonds is 6. The summed E-state index contributed by atoms with van der Waals surface area (Å²) in [5.41, 5.74) is 8.30. The fraction of sp³-hybridized carbons (Fsp3) is 0.467. The molecule has 106 valence electrons. The molecule has 2 N–H and O–H groups in total. The molecule has 0 saturated heterocycles. The normalized spacial score (nSPS) is 17.9. The molecule has 2 aromatic rings. The summed E-state index contributed by atoms with van der Waals surface area (Å²) in [4.78, 5) is 0. The summed E-state index contributed by atoms with van der Waals surface area (Å²) in [5, 5.41) is 8.18. The molecule has 0 bridgehead atoms. The molecule has 1 saturated carbocycles. The van der Waals surface area contributed by atoms with E-state index < -0.39 is 0 Å². The van der Waals surface area contributed by atoms with E-state index in [0.29, 0.717) is 12.5 Å².